The van der Waals surface area contributed by atoms with Crippen LogP contribution in [0.15, 0.2) is 6.20 Å². The lowest BCUT2D eigenvalue weighted by molar-refractivity contribution is -0.0954. The molecule has 1 unspecified atom stereocenters. The molecule has 1 atom stereocenters. The van der Waals surface area contributed by atoms with Crippen LogP contribution in [0.4, 0.5) is 0 Å². The van der Waals surface area contributed by atoms with E-state index in [0.717, 1.165) is 24.3 Å². The minimum absolute atomic E-state index is 0.158. The van der Waals surface area contributed by atoms with E-state index in [0.29, 0.717) is 6.61 Å². The first-order valence-electron chi connectivity index (χ1n) is 5.48. The number of ether oxygens (including phenoxy) is 2. The third-order valence-electron chi connectivity index (χ3n) is 2.67. The van der Waals surface area contributed by atoms with Crippen LogP contribution in [0.2, 0.25) is 0 Å². The average molecular weight is 207 g/mol. The van der Waals surface area contributed by atoms with Crippen molar-refractivity contribution in [3.8, 4) is 5.75 Å². The predicted molar refractivity (Wildman–Crippen MR) is 57.8 cm³/mol. The second kappa shape index (κ2) is 4.19. The summed E-state index contributed by atoms with van der Waals surface area (Å²) in [4.78, 5) is 4.36. The summed E-state index contributed by atoms with van der Waals surface area (Å²) in [5.41, 5.74) is 3.40. The normalized spacial score (nSPS) is 19.5. The third-order valence-corrected chi connectivity index (χ3v) is 2.67. The Kier molecular flexibility index (Phi) is 2.91. The molecule has 0 aliphatic carbocycles. The Labute approximate surface area is 90.4 Å². The molecule has 82 valence electrons. The first-order chi connectivity index (χ1) is 7.22. The van der Waals surface area contributed by atoms with Crippen molar-refractivity contribution in [1.82, 2.24) is 4.98 Å². The summed E-state index contributed by atoms with van der Waals surface area (Å²) in [6, 6.07) is 0. The Bertz CT molecular complexity index is 363. The summed E-state index contributed by atoms with van der Waals surface area (Å²) in [6.07, 6.45) is 3.94. The van der Waals surface area contributed by atoms with Crippen LogP contribution in [-0.4, -0.2) is 11.3 Å². The summed E-state index contributed by atoms with van der Waals surface area (Å²) in [5.74, 6) is 0.930. The predicted octanol–water partition coefficient (Wildman–Crippen LogP) is 2.60. The molecule has 1 aliphatic heterocycles. The van der Waals surface area contributed by atoms with Gasteiger partial charge in [-0.2, -0.15) is 0 Å². The van der Waals surface area contributed by atoms with Crippen molar-refractivity contribution in [3.63, 3.8) is 0 Å². The molecule has 1 aliphatic rings. The van der Waals surface area contributed by atoms with Gasteiger partial charge in [-0.15, -0.1) is 0 Å². The molecule has 0 N–H and O–H groups in total. The maximum atomic E-state index is 5.66. The highest BCUT2D eigenvalue weighted by Gasteiger charge is 2.21. The Morgan fingerprint density at radius 2 is 2.33 bits per heavy atom. The van der Waals surface area contributed by atoms with E-state index in [1.807, 2.05) is 20.0 Å². The van der Waals surface area contributed by atoms with Gasteiger partial charge in [-0.25, -0.2) is 0 Å². The van der Waals surface area contributed by atoms with E-state index in [1.165, 1.54) is 11.1 Å². The van der Waals surface area contributed by atoms with E-state index in [-0.39, 0.29) is 6.29 Å². The summed E-state index contributed by atoms with van der Waals surface area (Å²) in [7, 11) is 0. The second-order valence-corrected chi connectivity index (χ2v) is 3.92. The largest absolute Gasteiger partial charge is 0.463 e. The first kappa shape index (κ1) is 10.4. The van der Waals surface area contributed by atoms with Gasteiger partial charge in [0.05, 0.1) is 12.3 Å². The smallest absolute Gasteiger partial charge is 0.197 e. The topological polar surface area (TPSA) is 31.4 Å². The molecule has 0 radical (unpaired) electrons. The van der Waals surface area contributed by atoms with Crippen LogP contribution in [-0.2, 0) is 17.8 Å². The van der Waals surface area contributed by atoms with E-state index in [9.17, 15) is 0 Å². The zero-order valence-corrected chi connectivity index (χ0v) is 9.54. The Balaban J connectivity index is 2.41. The fourth-order valence-electron chi connectivity index (χ4n) is 1.88. The van der Waals surface area contributed by atoms with Gasteiger partial charge < -0.3 is 9.47 Å². The van der Waals surface area contributed by atoms with Crippen molar-refractivity contribution in [2.24, 2.45) is 0 Å². The maximum absolute atomic E-state index is 5.66. The molecule has 3 heteroatoms. The van der Waals surface area contributed by atoms with E-state index >= 15 is 0 Å². The summed E-state index contributed by atoms with van der Waals surface area (Å²) < 4.78 is 11.2. The van der Waals surface area contributed by atoms with Crippen LogP contribution in [0.25, 0.3) is 0 Å². The number of aryl methyl sites for hydroxylation is 2. The van der Waals surface area contributed by atoms with Crippen LogP contribution < -0.4 is 4.74 Å². The number of aromatic nitrogens is 1. The fraction of sp³-hybridized carbons (Fsp3) is 0.583. The van der Waals surface area contributed by atoms with Crippen LogP contribution in [0, 0.1) is 6.92 Å². The summed E-state index contributed by atoms with van der Waals surface area (Å²) in [5, 5.41) is 0. The molecule has 15 heavy (non-hydrogen) atoms. The summed E-state index contributed by atoms with van der Waals surface area (Å²) in [6.45, 7) is 6.70. The van der Waals surface area contributed by atoms with Gasteiger partial charge >= 0.3 is 0 Å². The van der Waals surface area contributed by atoms with Crippen molar-refractivity contribution >= 4 is 0 Å². The van der Waals surface area contributed by atoms with Gasteiger partial charge in [0.15, 0.2) is 6.29 Å². The average Bonchev–Trinajstić information content (AvgIpc) is 2.23. The number of rotatable bonds is 2. The molecular weight excluding hydrogens is 190 g/mol. The number of hydrogen-bond donors (Lipinski definition) is 0. The van der Waals surface area contributed by atoms with E-state index in [4.69, 9.17) is 9.47 Å². The molecule has 0 spiro atoms. The van der Waals surface area contributed by atoms with Gasteiger partial charge in [0.2, 0.25) is 0 Å². The molecule has 0 aromatic carbocycles. The zero-order valence-electron chi connectivity index (χ0n) is 9.54. The Morgan fingerprint density at radius 1 is 1.53 bits per heavy atom. The number of fused-ring (bicyclic) bond motifs is 1. The van der Waals surface area contributed by atoms with Crippen molar-refractivity contribution in [3.05, 3.63) is 23.0 Å². The highest BCUT2D eigenvalue weighted by atomic mass is 16.7. The van der Waals surface area contributed by atoms with Crippen molar-refractivity contribution in [2.75, 3.05) is 0 Å². The lowest BCUT2D eigenvalue weighted by Crippen LogP contribution is -2.24. The van der Waals surface area contributed by atoms with E-state index in [1.54, 1.807) is 0 Å². The van der Waals surface area contributed by atoms with Gasteiger partial charge in [0, 0.05) is 11.8 Å². The quantitative estimate of drug-likeness (QED) is 0.747. The lowest BCUT2D eigenvalue weighted by atomic mass is 10.0. The third kappa shape index (κ3) is 1.97. The fourth-order valence-corrected chi connectivity index (χ4v) is 1.88. The van der Waals surface area contributed by atoms with Crippen LogP contribution in [0.1, 0.15) is 37.1 Å². The molecule has 0 bridgehead atoms. The van der Waals surface area contributed by atoms with Gasteiger partial charge in [0.1, 0.15) is 5.75 Å². The van der Waals surface area contributed by atoms with Gasteiger partial charge in [-0.3, -0.25) is 4.98 Å². The monoisotopic (exact) mass is 207 g/mol. The van der Waals surface area contributed by atoms with Crippen molar-refractivity contribution in [1.29, 1.82) is 0 Å². The molecule has 1 aromatic heterocycles. The SMILES string of the molecule is CCCc1cnc(C)c2c1COC(C)O2. The van der Waals surface area contributed by atoms with Crippen molar-refractivity contribution in [2.45, 2.75) is 46.5 Å². The van der Waals surface area contributed by atoms with Gasteiger partial charge in [-0.05, 0) is 25.8 Å². The molecule has 0 saturated carbocycles. The van der Waals surface area contributed by atoms with Gasteiger partial charge in [-0.1, -0.05) is 13.3 Å². The lowest BCUT2D eigenvalue weighted by Gasteiger charge is -2.26. The minimum Gasteiger partial charge on any atom is -0.463 e. The second-order valence-electron chi connectivity index (χ2n) is 3.92. The maximum Gasteiger partial charge on any atom is 0.197 e. The zero-order chi connectivity index (χ0) is 10.8. The molecule has 2 rings (SSSR count). The first-order valence-corrected chi connectivity index (χ1v) is 5.48. The number of hydrogen-bond acceptors (Lipinski definition) is 3. The Morgan fingerprint density at radius 3 is 3.07 bits per heavy atom. The molecule has 0 saturated heterocycles. The molecular formula is C12H17NO2. The van der Waals surface area contributed by atoms with E-state index in [2.05, 4.69) is 11.9 Å². The van der Waals surface area contributed by atoms with Gasteiger partial charge in [0.25, 0.3) is 0 Å². The summed E-state index contributed by atoms with van der Waals surface area (Å²) >= 11 is 0. The molecule has 1 aromatic rings. The van der Waals surface area contributed by atoms with Crippen molar-refractivity contribution < 1.29 is 9.47 Å². The Hall–Kier alpha value is -1.09. The molecule has 0 fully saturated rings. The molecule has 0 amide bonds. The number of pyridine rings is 1. The van der Waals surface area contributed by atoms with Crippen LogP contribution >= 0.6 is 0 Å². The molecule has 3 nitrogen and oxygen atoms in total. The van der Waals surface area contributed by atoms with E-state index < -0.39 is 0 Å². The minimum atomic E-state index is -0.158. The standard InChI is InChI=1S/C12H17NO2/c1-4-5-10-6-13-8(2)12-11(10)7-14-9(3)15-12/h6,9H,4-5,7H2,1-3H3. The molecule has 2 heterocycles. The highest BCUT2D eigenvalue weighted by Crippen LogP contribution is 2.31. The van der Waals surface area contributed by atoms with Crippen LogP contribution in [0.5, 0.6) is 5.75 Å². The number of nitrogens with zero attached hydrogens (tertiary/aromatic N) is 1. The highest BCUT2D eigenvalue weighted by molar-refractivity contribution is 5.42. The van der Waals surface area contributed by atoms with Crippen LogP contribution in [0.3, 0.4) is 0 Å².